The molecule has 1 heterocycles. The second-order valence-corrected chi connectivity index (χ2v) is 13.4. The van der Waals surface area contributed by atoms with Gasteiger partial charge in [-0.1, -0.05) is 42.5 Å². The average molecular weight is 565 g/mol. The SMILES string of the molecule is CN([C@H]1CC[C@H](CC(=O)Nc2cnc(-c3ccc(C4(N)CCC4)cc3)c(-c3ccccc3F)c2)CC1)S(C)(=O)=O. The number of hydrogen-bond acceptors (Lipinski definition) is 5. The van der Waals surface area contributed by atoms with Gasteiger partial charge in [0.05, 0.1) is 23.8 Å². The molecule has 0 radical (unpaired) electrons. The molecule has 7 nitrogen and oxygen atoms in total. The highest BCUT2D eigenvalue weighted by molar-refractivity contribution is 7.88. The van der Waals surface area contributed by atoms with E-state index in [1.807, 2.05) is 24.3 Å². The Morgan fingerprint density at radius 3 is 2.35 bits per heavy atom. The van der Waals surface area contributed by atoms with Gasteiger partial charge in [-0.3, -0.25) is 9.78 Å². The summed E-state index contributed by atoms with van der Waals surface area (Å²) in [5.74, 6) is -0.314. The predicted octanol–water partition coefficient (Wildman–Crippen LogP) is 5.67. The van der Waals surface area contributed by atoms with Crippen molar-refractivity contribution in [2.24, 2.45) is 11.7 Å². The van der Waals surface area contributed by atoms with E-state index in [0.29, 0.717) is 28.9 Å². The minimum absolute atomic E-state index is 0.0208. The maximum absolute atomic E-state index is 14.9. The summed E-state index contributed by atoms with van der Waals surface area (Å²) >= 11 is 0. The Balaban J connectivity index is 1.32. The molecule has 9 heteroatoms. The number of aromatic nitrogens is 1. The Labute approximate surface area is 236 Å². The van der Waals surface area contributed by atoms with Crippen LogP contribution >= 0.6 is 0 Å². The molecule has 0 saturated heterocycles. The van der Waals surface area contributed by atoms with Gasteiger partial charge in [0.1, 0.15) is 5.82 Å². The molecule has 3 N–H and O–H groups in total. The first-order chi connectivity index (χ1) is 19.0. The van der Waals surface area contributed by atoms with Crippen LogP contribution in [0.15, 0.2) is 60.8 Å². The number of carbonyl (C=O) groups is 1. The van der Waals surface area contributed by atoms with Gasteiger partial charge in [-0.2, -0.15) is 0 Å². The lowest BCUT2D eigenvalue weighted by atomic mass is 9.72. The van der Waals surface area contributed by atoms with Crippen LogP contribution < -0.4 is 11.1 Å². The van der Waals surface area contributed by atoms with Crippen LogP contribution in [0.1, 0.15) is 56.9 Å². The predicted molar refractivity (Wildman–Crippen MR) is 156 cm³/mol. The van der Waals surface area contributed by atoms with Gasteiger partial charge in [-0.05, 0) is 68.6 Å². The molecule has 2 saturated carbocycles. The third kappa shape index (κ3) is 6.11. The van der Waals surface area contributed by atoms with Gasteiger partial charge in [0.25, 0.3) is 0 Å². The molecular formula is C31H37FN4O3S. The Hall–Kier alpha value is -3.14. The fraction of sp³-hybridized carbons (Fsp3) is 0.419. The van der Waals surface area contributed by atoms with Gasteiger partial charge in [-0.25, -0.2) is 17.1 Å². The fourth-order valence-corrected chi connectivity index (χ4v) is 6.66. The van der Waals surface area contributed by atoms with E-state index in [9.17, 15) is 17.6 Å². The molecule has 0 unspecified atom stereocenters. The first-order valence-corrected chi connectivity index (χ1v) is 15.8. The summed E-state index contributed by atoms with van der Waals surface area (Å²) in [6, 6.07) is 16.3. The number of halogens is 1. The molecule has 2 aliphatic carbocycles. The van der Waals surface area contributed by atoms with E-state index < -0.39 is 10.0 Å². The summed E-state index contributed by atoms with van der Waals surface area (Å²) < 4.78 is 40.1. The molecule has 2 fully saturated rings. The highest BCUT2D eigenvalue weighted by atomic mass is 32.2. The Morgan fingerprint density at radius 1 is 1.07 bits per heavy atom. The van der Waals surface area contributed by atoms with Crippen LogP contribution in [0.3, 0.4) is 0 Å². The maximum atomic E-state index is 14.9. The molecule has 0 aliphatic heterocycles. The third-order valence-corrected chi connectivity index (χ3v) is 9.99. The van der Waals surface area contributed by atoms with E-state index in [2.05, 4.69) is 10.3 Å². The Bertz CT molecular complexity index is 1480. The topological polar surface area (TPSA) is 105 Å². The number of nitrogens with zero attached hydrogens (tertiary/aromatic N) is 2. The zero-order valence-corrected chi connectivity index (χ0v) is 23.9. The second kappa shape index (κ2) is 11.4. The zero-order chi connectivity index (χ0) is 28.5. The largest absolute Gasteiger partial charge is 0.325 e. The van der Waals surface area contributed by atoms with Gasteiger partial charge in [0.2, 0.25) is 15.9 Å². The van der Waals surface area contributed by atoms with Crippen LogP contribution in [0.2, 0.25) is 0 Å². The van der Waals surface area contributed by atoms with Crippen molar-refractivity contribution in [2.45, 2.75) is 62.9 Å². The first-order valence-electron chi connectivity index (χ1n) is 13.9. The van der Waals surface area contributed by atoms with Crippen molar-refractivity contribution in [2.75, 3.05) is 18.6 Å². The molecule has 1 amide bonds. The Morgan fingerprint density at radius 2 is 1.75 bits per heavy atom. The van der Waals surface area contributed by atoms with Crippen LogP contribution in [0.4, 0.5) is 10.1 Å². The van der Waals surface area contributed by atoms with Gasteiger partial charge >= 0.3 is 0 Å². The molecule has 40 heavy (non-hydrogen) atoms. The number of anilines is 1. The minimum Gasteiger partial charge on any atom is -0.325 e. The lowest BCUT2D eigenvalue weighted by Crippen LogP contribution is -2.43. The van der Waals surface area contributed by atoms with Crippen molar-refractivity contribution in [1.82, 2.24) is 9.29 Å². The standard InChI is InChI=1S/C31H37FN4O3S/c1-36(40(2,38)39)25-14-8-21(9-15-25)18-29(37)35-24-19-27(26-6-3-4-7-28(26)32)30(34-20-24)22-10-12-23(13-11-22)31(33)16-5-17-31/h3-4,6-7,10-13,19-21,25H,5,8-9,14-18,33H2,1-2H3,(H,35,37)/t21-,25-. The van der Waals surface area contributed by atoms with Gasteiger partial charge in [-0.15, -0.1) is 0 Å². The lowest BCUT2D eigenvalue weighted by molar-refractivity contribution is -0.117. The molecule has 5 rings (SSSR count). The quantitative estimate of drug-likeness (QED) is 0.367. The summed E-state index contributed by atoms with van der Waals surface area (Å²) in [4.78, 5) is 17.6. The van der Waals surface area contributed by atoms with Crippen LogP contribution in [-0.4, -0.2) is 43.0 Å². The van der Waals surface area contributed by atoms with E-state index in [1.165, 1.54) is 16.6 Å². The fourth-order valence-electron chi connectivity index (χ4n) is 5.91. The summed E-state index contributed by atoms with van der Waals surface area (Å²) in [6.07, 6.45) is 9.29. The van der Waals surface area contributed by atoms with Crippen molar-refractivity contribution in [1.29, 1.82) is 0 Å². The number of pyridine rings is 1. The highest BCUT2D eigenvalue weighted by Crippen LogP contribution is 2.40. The summed E-state index contributed by atoms with van der Waals surface area (Å²) in [5.41, 5.74) is 10.3. The summed E-state index contributed by atoms with van der Waals surface area (Å²) in [5, 5.41) is 2.95. The maximum Gasteiger partial charge on any atom is 0.224 e. The molecule has 3 aromatic rings. The number of rotatable bonds is 8. The van der Waals surface area contributed by atoms with Crippen LogP contribution in [-0.2, 0) is 20.4 Å². The molecule has 2 aromatic carbocycles. The molecule has 2 aliphatic rings. The van der Waals surface area contributed by atoms with Gasteiger partial charge in [0, 0.05) is 41.7 Å². The van der Waals surface area contributed by atoms with E-state index in [1.54, 1.807) is 37.5 Å². The molecule has 1 aromatic heterocycles. The molecular weight excluding hydrogens is 527 g/mol. The number of hydrogen-bond donors (Lipinski definition) is 2. The lowest BCUT2D eigenvalue weighted by Gasteiger charge is -2.38. The van der Waals surface area contributed by atoms with Crippen LogP contribution in [0.25, 0.3) is 22.4 Å². The smallest absolute Gasteiger partial charge is 0.224 e. The molecule has 0 atom stereocenters. The number of nitrogens with two attached hydrogens (primary N) is 1. The monoisotopic (exact) mass is 564 g/mol. The summed E-state index contributed by atoms with van der Waals surface area (Å²) in [6.45, 7) is 0. The second-order valence-electron chi connectivity index (χ2n) is 11.4. The third-order valence-electron chi connectivity index (χ3n) is 8.64. The average Bonchev–Trinajstić information content (AvgIpc) is 2.91. The number of benzene rings is 2. The van der Waals surface area contributed by atoms with E-state index in [-0.39, 0.29) is 29.2 Å². The van der Waals surface area contributed by atoms with Crippen LogP contribution in [0.5, 0.6) is 0 Å². The highest BCUT2D eigenvalue weighted by Gasteiger charge is 2.34. The molecule has 212 valence electrons. The van der Waals surface area contributed by atoms with E-state index in [4.69, 9.17) is 5.73 Å². The van der Waals surface area contributed by atoms with Crippen molar-refractivity contribution in [3.05, 3.63) is 72.2 Å². The van der Waals surface area contributed by atoms with Crippen molar-refractivity contribution in [3.8, 4) is 22.4 Å². The van der Waals surface area contributed by atoms with Gasteiger partial charge in [0.15, 0.2) is 0 Å². The van der Waals surface area contributed by atoms with Crippen molar-refractivity contribution >= 4 is 21.6 Å². The summed E-state index contributed by atoms with van der Waals surface area (Å²) in [7, 11) is -1.61. The minimum atomic E-state index is -3.23. The first kappa shape index (κ1) is 28.4. The number of carbonyl (C=O) groups excluding carboxylic acids is 1. The van der Waals surface area contributed by atoms with Crippen LogP contribution in [0, 0.1) is 11.7 Å². The number of amides is 1. The van der Waals surface area contributed by atoms with E-state index >= 15 is 0 Å². The van der Waals surface area contributed by atoms with E-state index in [0.717, 1.165) is 56.1 Å². The molecule has 0 spiro atoms. The Kier molecular flexibility index (Phi) is 8.08. The zero-order valence-electron chi connectivity index (χ0n) is 23.1. The number of sulfonamides is 1. The van der Waals surface area contributed by atoms with Crippen molar-refractivity contribution < 1.29 is 17.6 Å². The van der Waals surface area contributed by atoms with Gasteiger partial charge < -0.3 is 11.1 Å². The number of nitrogens with one attached hydrogen (secondary N) is 1. The molecule has 0 bridgehead atoms. The normalized spacial score (nSPS) is 20.6. The van der Waals surface area contributed by atoms with Crippen molar-refractivity contribution in [3.63, 3.8) is 0 Å².